The summed E-state index contributed by atoms with van der Waals surface area (Å²) in [6.07, 6.45) is 7.38. The Kier molecular flexibility index (Phi) is 5.27. The number of nitrogens with zero attached hydrogens (tertiary/aromatic N) is 3. The van der Waals surface area contributed by atoms with Crippen molar-refractivity contribution in [1.82, 2.24) is 20.3 Å². The molecule has 3 rings (SSSR count). The van der Waals surface area contributed by atoms with Crippen molar-refractivity contribution < 1.29 is 9.53 Å². The standard InChI is InChI=1S/C17H21N5O3/c1-12(25-14-5-2-6-18-10-14)16(23)21-13-4-3-9-22(11-13)15-17(24)20-8-7-19-15/h2,5-8,10,12-13H,3-4,9,11H2,1H3,(H,20,24)(H,21,23)/t12-,13-/m0/s1. The quantitative estimate of drug-likeness (QED) is 0.830. The van der Waals surface area contributed by atoms with Crippen LogP contribution in [0.25, 0.3) is 0 Å². The Morgan fingerprint density at radius 1 is 1.48 bits per heavy atom. The fraction of sp³-hybridized carbons (Fsp3) is 0.412. The van der Waals surface area contributed by atoms with E-state index in [1.807, 2.05) is 4.90 Å². The van der Waals surface area contributed by atoms with Crippen molar-refractivity contribution in [2.75, 3.05) is 18.0 Å². The molecule has 8 heteroatoms. The summed E-state index contributed by atoms with van der Waals surface area (Å²) in [5, 5.41) is 2.99. The zero-order valence-electron chi connectivity index (χ0n) is 14.0. The van der Waals surface area contributed by atoms with Crippen LogP contribution >= 0.6 is 0 Å². The molecule has 3 heterocycles. The molecular formula is C17H21N5O3. The van der Waals surface area contributed by atoms with Crippen LogP contribution in [-0.4, -0.2) is 46.1 Å². The fourth-order valence-electron chi connectivity index (χ4n) is 2.85. The molecule has 25 heavy (non-hydrogen) atoms. The predicted octanol–water partition coefficient (Wildman–Crippen LogP) is 0.717. The first-order chi connectivity index (χ1) is 12.1. The number of carbonyl (C=O) groups excluding carboxylic acids is 1. The van der Waals surface area contributed by atoms with Gasteiger partial charge in [-0.25, -0.2) is 4.98 Å². The van der Waals surface area contributed by atoms with Gasteiger partial charge in [-0.1, -0.05) is 0 Å². The lowest BCUT2D eigenvalue weighted by atomic mass is 10.1. The number of rotatable bonds is 5. The van der Waals surface area contributed by atoms with Crippen LogP contribution < -0.4 is 20.5 Å². The second-order valence-electron chi connectivity index (χ2n) is 5.98. The second-order valence-corrected chi connectivity index (χ2v) is 5.98. The molecule has 0 aromatic carbocycles. The average molecular weight is 343 g/mol. The normalized spacial score (nSPS) is 18.4. The summed E-state index contributed by atoms with van der Waals surface area (Å²) in [7, 11) is 0. The van der Waals surface area contributed by atoms with Gasteiger partial charge in [0.2, 0.25) is 0 Å². The third-order valence-corrected chi connectivity index (χ3v) is 4.07. The average Bonchev–Trinajstić information content (AvgIpc) is 2.63. The Balaban J connectivity index is 1.58. The molecule has 1 aliphatic heterocycles. The topological polar surface area (TPSA) is 100 Å². The van der Waals surface area contributed by atoms with Crippen molar-refractivity contribution in [3.63, 3.8) is 0 Å². The SMILES string of the molecule is C[C@H](Oc1cccnc1)C(=O)N[C@H]1CCCN(c2ncc[nH]c2=O)C1. The van der Waals surface area contributed by atoms with Crippen LogP contribution in [0.15, 0.2) is 41.7 Å². The van der Waals surface area contributed by atoms with Crippen LogP contribution in [0.3, 0.4) is 0 Å². The van der Waals surface area contributed by atoms with Gasteiger partial charge in [-0.2, -0.15) is 0 Å². The van der Waals surface area contributed by atoms with E-state index < -0.39 is 6.10 Å². The van der Waals surface area contributed by atoms with Gasteiger partial charge in [0.25, 0.3) is 11.5 Å². The number of H-pyrrole nitrogens is 1. The number of aromatic amines is 1. The molecule has 2 aromatic heterocycles. The number of pyridine rings is 1. The summed E-state index contributed by atoms with van der Waals surface area (Å²) in [6.45, 7) is 2.99. The lowest BCUT2D eigenvalue weighted by molar-refractivity contribution is -0.128. The van der Waals surface area contributed by atoms with Crippen molar-refractivity contribution in [3.05, 3.63) is 47.3 Å². The van der Waals surface area contributed by atoms with Gasteiger partial charge in [0, 0.05) is 37.7 Å². The number of nitrogens with one attached hydrogen (secondary N) is 2. The first kappa shape index (κ1) is 16.9. The van der Waals surface area contributed by atoms with E-state index in [0.717, 1.165) is 19.4 Å². The summed E-state index contributed by atoms with van der Waals surface area (Å²) in [5.41, 5.74) is -0.220. The van der Waals surface area contributed by atoms with Gasteiger partial charge in [0.1, 0.15) is 5.75 Å². The first-order valence-electron chi connectivity index (χ1n) is 8.29. The third-order valence-electron chi connectivity index (χ3n) is 4.07. The number of carbonyl (C=O) groups is 1. The highest BCUT2D eigenvalue weighted by Gasteiger charge is 2.25. The molecule has 0 bridgehead atoms. The van der Waals surface area contributed by atoms with Crippen LogP contribution in [0.4, 0.5) is 5.82 Å². The number of amides is 1. The Labute approximate surface area is 145 Å². The van der Waals surface area contributed by atoms with E-state index >= 15 is 0 Å². The van der Waals surface area contributed by atoms with Gasteiger partial charge in [-0.15, -0.1) is 0 Å². The molecule has 2 aromatic rings. The maximum Gasteiger partial charge on any atom is 0.290 e. The number of hydrogen-bond acceptors (Lipinski definition) is 6. The van der Waals surface area contributed by atoms with Crippen LogP contribution in [-0.2, 0) is 4.79 Å². The number of anilines is 1. The molecule has 1 amide bonds. The number of ether oxygens (including phenoxy) is 1. The summed E-state index contributed by atoms with van der Waals surface area (Å²) < 4.78 is 5.59. The van der Waals surface area contributed by atoms with E-state index in [-0.39, 0.29) is 17.5 Å². The molecule has 1 saturated heterocycles. The Hall–Kier alpha value is -2.90. The highest BCUT2D eigenvalue weighted by molar-refractivity contribution is 5.81. The smallest absolute Gasteiger partial charge is 0.290 e. The molecule has 0 unspecified atom stereocenters. The van der Waals surface area contributed by atoms with Gasteiger partial charge in [-0.05, 0) is 31.9 Å². The minimum absolute atomic E-state index is 0.0531. The molecule has 0 saturated carbocycles. The van der Waals surface area contributed by atoms with Crippen molar-refractivity contribution in [3.8, 4) is 5.75 Å². The largest absolute Gasteiger partial charge is 0.479 e. The van der Waals surface area contributed by atoms with E-state index in [4.69, 9.17) is 4.74 Å². The molecule has 0 radical (unpaired) electrons. The minimum atomic E-state index is -0.627. The minimum Gasteiger partial charge on any atom is -0.479 e. The van der Waals surface area contributed by atoms with Gasteiger partial charge in [0.15, 0.2) is 11.9 Å². The fourth-order valence-corrected chi connectivity index (χ4v) is 2.85. The molecule has 2 N–H and O–H groups in total. The van der Waals surface area contributed by atoms with E-state index in [9.17, 15) is 9.59 Å². The second kappa shape index (κ2) is 7.78. The molecule has 2 atom stereocenters. The molecule has 0 spiro atoms. The van der Waals surface area contributed by atoms with Gasteiger partial charge in [-0.3, -0.25) is 14.6 Å². The Bertz CT molecular complexity index is 764. The van der Waals surface area contributed by atoms with E-state index in [2.05, 4.69) is 20.3 Å². The maximum absolute atomic E-state index is 12.4. The van der Waals surface area contributed by atoms with Gasteiger partial charge >= 0.3 is 0 Å². The highest BCUT2D eigenvalue weighted by Crippen LogP contribution is 2.15. The summed E-state index contributed by atoms with van der Waals surface area (Å²) in [4.78, 5) is 36.9. The highest BCUT2D eigenvalue weighted by atomic mass is 16.5. The van der Waals surface area contributed by atoms with Crippen molar-refractivity contribution >= 4 is 11.7 Å². The maximum atomic E-state index is 12.4. The van der Waals surface area contributed by atoms with Crippen molar-refractivity contribution in [2.24, 2.45) is 0 Å². The lowest BCUT2D eigenvalue weighted by Crippen LogP contribution is -2.51. The molecule has 1 fully saturated rings. The monoisotopic (exact) mass is 343 g/mol. The third kappa shape index (κ3) is 4.34. The summed E-state index contributed by atoms with van der Waals surface area (Å²) >= 11 is 0. The zero-order valence-corrected chi connectivity index (χ0v) is 14.0. The number of hydrogen-bond donors (Lipinski definition) is 2. The Morgan fingerprint density at radius 3 is 3.12 bits per heavy atom. The molecular weight excluding hydrogens is 322 g/mol. The lowest BCUT2D eigenvalue weighted by Gasteiger charge is -2.33. The van der Waals surface area contributed by atoms with E-state index in [1.54, 1.807) is 37.6 Å². The van der Waals surface area contributed by atoms with Gasteiger partial charge in [0.05, 0.1) is 6.20 Å². The van der Waals surface area contributed by atoms with Crippen LogP contribution in [0, 0.1) is 0 Å². The van der Waals surface area contributed by atoms with Crippen LogP contribution in [0.2, 0.25) is 0 Å². The number of piperidine rings is 1. The molecule has 132 valence electrons. The van der Waals surface area contributed by atoms with E-state index in [1.165, 1.54) is 6.20 Å². The van der Waals surface area contributed by atoms with Gasteiger partial charge < -0.3 is 19.9 Å². The summed E-state index contributed by atoms with van der Waals surface area (Å²) in [5.74, 6) is 0.752. The Morgan fingerprint density at radius 2 is 2.36 bits per heavy atom. The van der Waals surface area contributed by atoms with Crippen molar-refractivity contribution in [1.29, 1.82) is 0 Å². The van der Waals surface area contributed by atoms with Crippen LogP contribution in [0.5, 0.6) is 5.75 Å². The van der Waals surface area contributed by atoms with Crippen molar-refractivity contribution in [2.45, 2.75) is 31.9 Å². The first-order valence-corrected chi connectivity index (χ1v) is 8.29. The molecule has 0 aliphatic carbocycles. The molecule has 1 aliphatic rings. The summed E-state index contributed by atoms with van der Waals surface area (Å²) in [6, 6.07) is 3.46. The zero-order chi connectivity index (χ0) is 17.6. The van der Waals surface area contributed by atoms with Crippen LogP contribution in [0.1, 0.15) is 19.8 Å². The predicted molar refractivity (Wildman–Crippen MR) is 92.6 cm³/mol. The number of aromatic nitrogens is 3. The molecule has 8 nitrogen and oxygen atoms in total. The van der Waals surface area contributed by atoms with E-state index in [0.29, 0.717) is 18.1 Å².